The monoisotopic (exact) mass is 315 g/mol. The topological polar surface area (TPSA) is 61.8 Å². The lowest BCUT2D eigenvalue weighted by Gasteiger charge is -2.39. The van der Waals surface area contributed by atoms with Crippen molar-refractivity contribution in [2.24, 2.45) is 4.99 Å². The molecule has 2 heterocycles. The minimum Gasteiger partial charge on any atom is -0.352 e. The van der Waals surface area contributed by atoms with Crippen LogP contribution in [0.4, 0.5) is 0 Å². The lowest BCUT2D eigenvalue weighted by molar-refractivity contribution is 0.353. The molecule has 0 radical (unpaired) electrons. The second-order valence-electron chi connectivity index (χ2n) is 5.53. The van der Waals surface area contributed by atoms with E-state index in [-0.39, 0.29) is 5.75 Å². The minimum absolute atomic E-state index is 0.180. The maximum absolute atomic E-state index is 12.0. The van der Waals surface area contributed by atoms with Crippen molar-refractivity contribution in [2.75, 3.05) is 25.9 Å². The molecule has 0 aliphatic carbocycles. The Bertz CT molecular complexity index is 577. The number of hydrogen-bond acceptors (Lipinski definition) is 4. The molecule has 2 rings (SSSR count). The Morgan fingerprint density at radius 1 is 1.55 bits per heavy atom. The van der Waals surface area contributed by atoms with Gasteiger partial charge in [-0.25, -0.2) is 8.42 Å². The molecule has 0 aromatic carbocycles. The fraction of sp³-hybridized carbons (Fsp3) is 0.615. The summed E-state index contributed by atoms with van der Waals surface area (Å²) >= 11 is 1.66. The molecule has 1 aliphatic rings. The van der Waals surface area contributed by atoms with Gasteiger partial charge in [0, 0.05) is 26.7 Å². The molecule has 1 saturated heterocycles. The molecule has 0 spiro atoms. The third-order valence-corrected chi connectivity index (χ3v) is 6.85. The van der Waals surface area contributed by atoms with Crippen molar-refractivity contribution in [1.82, 2.24) is 10.2 Å². The first kappa shape index (κ1) is 15.3. The molecular weight excluding hydrogens is 294 g/mol. The molecule has 0 atom stereocenters. The Morgan fingerprint density at radius 2 is 2.30 bits per heavy atom. The maximum Gasteiger partial charge on any atom is 0.193 e. The van der Waals surface area contributed by atoms with Gasteiger partial charge in [0.15, 0.2) is 15.8 Å². The van der Waals surface area contributed by atoms with Crippen LogP contribution in [-0.2, 0) is 16.4 Å². The number of guanidine groups is 1. The summed E-state index contributed by atoms with van der Waals surface area (Å²) in [6.45, 7) is 5.23. The average molecular weight is 315 g/mol. The van der Waals surface area contributed by atoms with E-state index in [1.54, 1.807) is 32.2 Å². The van der Waals surface area contributed by atoms with E-state index in [1.165, 1.54) is 5.56 Å². The molecule has 20 heavy (non-hydrogen) atoms. The van der Waals surface area contributed by atoms with Crippen molar-refractivity contribution >= 4 is 27.1 Å². The van der Waals surface area contributed by atoms with Crippen molar-refractivity contribution in [1.29, 1.82) is 0 Å². The van der Waals surface area contributed by atoms with Crippen LogP contribution in [0, 0.1) is 0 Å². The standard InChI is InChI=1S/C13H21N3O2S2/c1-13(2)10-16(5-7-20(13,17)18)12(14-3)15-8-11-4-6-19-9-11/h4,6,9H,5,7-8,10H2,1-3H3,(H,14,15). The number of thiophene rings is 1. The summed E-state index contributed by atoms with van der Waals surface area (Å²) in [6, 6.07) is 2.07. The van der Waals surface area contributed by atoms with Gasteiger partial charge in [0.05, 0.1) is 10.5 Å². The molecule has 5 nitrogen and oxygen atoms in total. The first-order valence-electron chi connectivity index (χ1n) is 6.55. The molecule has 0 unspecified atom stereocenters. The molecule has 1 aliphatic heterocycles. The number of rotatable bonds is 2. The summed E-state index contributed by atoms with van der Waals surface area (Å²) in [7, 11) is -1.29. The van der Waals surface area contributed by atoms with Crippen molar-refractivity contribution in [3.05, 3.63) is 22.4 Å². The normalized spacial score (nSPS) is 21.8. The van der Waals surface area contributed by atoms with Crippen LogP contribution in [0.15, 0.2) is 21.8 Å². The van der Waals surface area contributed by atoms with E-state index in [0.717, 1.165) is 5.96 Å². The summed E-state index contributed by atoms with van der Waals surface area (Å²) < 4.78 is 23.3. The highest BCUT2D eigenvalue weighted by Crippen LogP contribution is 2.23. The van der Waals surface area contributed by atoms with Crippen molar-refractivity contribution in [3.8, 4) is 0 Å². The van der Waals surface area contributed by atoms with Gasteiger partial charge in [-0.2, -0.15) is 11.3 Å². The molecule has 7 heteroatoms. The largest absolute Gasteiger partial charge is 0.352 e. The van der Waals surface area contributed by atoms with Gasteiger partial charge in [-0.05, 0) is 36.2 Å². The highest BCUT2D eigenvalue weighted by atomic mass is 32.2. The fourth-order valence-electron chi connectivity index (χ4n) is 2.23. The number of nitrogens with zero attached hydrogens (tertiary/aromatic N) is 2. The highest BCUT2D eigenvalue weighted by molar-refractivity contribution is 7.92. The molecule has 1 fully saturated rings. The van der Waals surface area contributed by atoms with Gasteiger partial charge in [-0.1, -0.05) is 0 Å². The van der Waals surface area contributed by atoms with Crippen LogP contribution in [0.5, 0.6) is 0 Å². The van der Waals surface area contributed by atoms with Gasteiger partial charge < -0.3 is 10.2 Å². The van der Waals surface area contributed by atoms with E-state index in [4.69, 9.17) is 0 Å². The second kappa shape index (κ2) is 5.73. The quantitative estimate of drug-likeness (QED) is 0.661. The molecular formula is C13H21N3O2S2. The average Bonchev–Trinajstić information content (AvgIpc) is 2.87. The molecule has 0 saturated carbocycles. The molecule has 1 N–H and O–H groups in total. The Kier molecular flexibility index (Phi) is 4.39. The molecule has 0 bridgehead atoms. The minimum atomic E-state index is -3.02. The number of hydrogen-bond donors (Lipinski definition) is 1. The van der Waals surface area contributed by atoms with E-state index < -0.39 is 14.6 Å². The smallest absolute Gasteiger partial charge is 0.193 e. The summed E-state index contributed by atoms with van der Waals surface area (Å²) in [5.74, 6) is 0.943. The van der Waals surface area contributed by atoms with Crippen molar-refractivity contribution in [3.63, 3.8) is 0 Å². The summed E-state index contributed by atoms with van der Waals surface area (Å²) in [5, 5.41) is 7.42. The predicted molar refractivity (Wildman–Crippen MR) is 84.0 cm³/mol. The molecule has 1 aromatic heterocycles. The molecule has 112 valence electrons. The summed E-state index contributed by atoms with van der Waals surface area (Å²) in [6.07, 6.45) is 0. The van der Waals surface area contributed by atoms with Crippen LogP contribution in [0.2, 0.25) is 0 Å². The number of nitrogens with one attached hydrogen (secondary N) is 1. The lowest BCUT2D eigenvalue weighted by atomic mass is 10.2. The SMILES string of the molecule is CN=C(NCc1ccsc1)N1CCS(=O)(=O)C(C)(C)C1. The number of aliphatic imine (C=N–C) groups is 1. The van der Waals surface area contributed by atoms with Gasteiger partial charge in [0.1, 0.15) is 0 Å². The van der Waals surface area contributed by atoms with E-state index in [2.05, 4.69) is 21.8 Å². The zero-order valence-electron chi connectivity index (χ0n) is 12.1. The van der Waals surface area contributed by atoms with Gasteiger partial charge in [-0.15, -0.1) is 0 Å². The summed E-state index contributed by atoms with van der Waals surface area (Å²) in [5.41, 5.74) is 1.21. The maximum atomic E-state index is 12.0. The van der Waals surface area contributed by atoms with Crippen molar-refractivity contribution < 1.29 is 8.42 Å². The highest BCUT2D eigenvalue weighted by Gasteiger charge is 2.40. The zero-order chi connectivity index (χ0) is 14.8. The number of sulfone groups is 1. The second-order valence-corrected chi connectivity index (χ2v) is 9.06. The van der Waals surface area contributed by atoms with Crippen LogP contribution < -0.4 is 5.32 Å². The molecule has 1 aromatic rings. The Labute approximate surface area is 124 Å². The van der Waals surface area contributed by atoms with Crippen LogP contribution >= 0.6 is 11.3 Å². The van der Waals surface area contributed by atoms with Gasteiger partial charge in [0.25, 0.3) is 0 Å². The third kappa shape index (κ3) is 3.15. The Balaban J connectivity index is 2.03. The zero-order valence-corrected chi connectivity index (χ0v) is 13.7. The van der Waals surface area contributed by atoms with Crippen molar-refractivity contribution in [2.45, 2.75) is 25.1 Å². The van der Waals surface area contributed by atoms with Gasteiger partial charge in [-0.3, -0.25) is 4.99 Å². The van der Waals surface area contributed by atoms with E-state index >= 15 is 0 Å². The van der Waals surface area contributed by atoms with Gasteiger partial charge >= 0.3 is 0 Å². The summed E-state index contributed by atoms with van der Waals surface area (Å²) in [4.78, 5) is 6.29. The molecule has 0 amide bonds. The first-order chi connectivity index (χ1) is 9.36. The lowest BCUT2D eigenvalue weighted by Crippen LogP contribution is -2.57. The van der Waals surface area contributed by atoms with Crippen LogP contribution in [0.1, 0.15) is 19.4 Å². The van der Waals surface area contributed by atoms with E-state index in [9.17, 15) is 8.42 Å². The fourth-order valence-corrected chi connectivity index (χ4v) is 4.27. The van der Waals surface area contributed by atoms with Crippen LogP contribution in [-0.4, -0.2) is 49.9 Å². The Morgan fingerprint density at radius 3 is 2.85 bits per heavy atom. The first-order valence-corrected chi connectivity index (χ1v) is 9.14. The van der Waals surface area contributed by atoms with Gasteiger partial charge in [0.2, 0.25) is 0 Å². The van der Waals surface area contributed by atoms with E-state index in [0.29, 0.717) is 19.6 Å². The van der Waals surface area contributed by atoms with Crippen LogP contribution in [0.25, 0.3) is 0 Å². The predicted octanol–water partition coefficient (Wildman–Crippen LogP) is 1.33. The van der Waals surface area contributed by atoms with E-state index in [1.807, 2.05) is 10.3 Å². The Hall–Kier alpha value is -1.08. The van der Waals surface area contributed by atoms with Crippen LogP contribution in [0.3, 0.4) is 0 Å². The third-order valence-electron chi connectivity index (χ3n) is 3.59.